The summed E-state index contributed by atoms with van der Waals surface area (Å²) in [6, 6.07) is 7.70. The van der Waals surface area contributed by atoms with Crippen molar-refractivity contribution >= 4 is 18.6 Å². The van der Waals surface area contributed by atoms with Gasteiger partial charge in [0.15, 0.2) is 0 Å². The average molecular weight is 667 g/mol. The lowest BCUT2D eigenvalue weighted by Gasteiger charge is -2.33. The van der Waals surface area contributed by atoms with Gasteiger partial charge in [0.1, 0.15) is 31.5 Å². The van der Waals surface area contributed by atoms with Gasteiger partial charge in [-0.3, -0.25) is 9.69 Å². The average Bonchev–Trinajstić information content (AvgIpc) is 3.08. The van der Waals surface area contributed by atoms with Crippen molar-refractivity contribution in [1.29, 1.82) is 0 Å². The number of nitrogens with zero attached hydrogens (tertiary/aromatic N) is 2. The first kappa shape index (κ1) is 47.9. The number of likely N-dealkylation sites (N-methyl/N-ethyl adjacent to an activating group) is 1. The summed E-state index contributed by atoms with van der Waals surface area (Å²) in [5.41, 5.74) is 4.84. The molecule has 1 fully saturated rings. The summed E-state index contributed by atoms with van der Waals surface area (Å²) in [6.07, 6.45) is 4.73. The second-order valence-corrected chi connectivity index (χ2v) is 9.97. The number of allylic oxidation sites excluding steroid dienone is 5. The predicted molar refractivity (Wildman–Crippen MR) is 192 cm³/mol. The van der Waals surface area contributed by atoms with E-state index in [0.29, 0.717) is 30.0 Å². The number of piperazine rings is 1. The third-order valence-electron chi connectivity index (χ3n) is 6.34. The number of halogens is 2. The summed E-state index contributed by atoms with van der Waals surface area (Å²) >= 11 is 0. The Kier molecular flexibility index (Phi) is 31.7. The summed E-state index contributed by atoms with van der Waals surface area (Å²) < 4.78 is 26.5. The molecule has 1 heterocycles. The monoisotopic (exact) mass is 666 g/mol. The fraction of sp³-hybridized carbons (Fsp3) is 0.500. The Morgan fingerprint density at radius 3 is 2.09 bits per heavy atom. The molecular weight excluding hydrogens is 606 g/mol. The molecule has 9 nitrogen and oxygen atoms in total. The lowest BCUT2D eigenvalue weighted by molar-refractivity contribution is -0.105. The summed E-state index contributed by atoms with van der Waals surface area (Å²) in [5, 5.41) is 23.8. The van der Waals surface area contributed by atoms with E-state index in [0.717, 1.165) is 75.5 Å². The summed E-state index contributed by atoms with van der Waals surface area (Å²) in [6.45, 7) is 24.6. The third-order valence-corrected chi connectivity index (χ3v) is 6.34. The predicted octanol–water partition coefficient (Wildman–Crippen LogP) is 5.10. The Balaban J connectivity index is -0.00000173. The first-order valence-corrected chi connectivity index (χ1v) is 15.6. The van der Waals surface area contributed by atoms with Crippen LogP contribution in [0.3, 0.4) is 0 Å². The quantitative estimate of drug-likeness (QED) is 0.115. The SMILES string of the molecule is C=C(N/C(CCNC)=C(\C)C=O)C(/C=C\C)=C/C(=C)c1ccc(OCC(O)CN2CCN(C)CC2)cc1.C=O.CC.CC(F)F.CO. The van der Waals surface area contributed by atoms with Crippen molar-refractivity contribution in [3.05, 3.63) is 83.8 Å². The maximum Gasteiger partial charge on any atom is 0.235 e. The number of ether oxygens (including phenoxy) is 1. The number of carbonyl (C=O) groups excluding carboxylic acids is 2. The molecule has 1 aliphatic heterocycles. The van der Waals surface area contributed by atoms with E-state index in [1.165, 1.54) is 0 Å². The van der Waals surface area contributed by atoms with E-state index in [1.807, 2.05) is 77.1 Å². The molecule has 0 aromatic heterocycles. The molecule has 4 N–H and O–H groups in total. The summed E-state index contributed by atoms with van der Waals surface area (Å²) in [4.78, 5) is 23.9. The van der Waals surface area contributed by atoms with E-state index in [4.69, 9.17) is 14.6 Å². The number of carbonyl (C=O) groups is 2. The first-order chi connectivity index (χ1) is 22.5. The molecule has 268 valence electrons. The Bertz CT molecular complexity index is 1060. The second-order valence-electron chi connectivity index (χ2n) is 9.97. The number of aldehydes is 1. The maximum atomic E-state index is 11.3. The third kappa shape index (κ3) is 23.5. The zero-order valence-electron chi connectivity index (χ0n) is 29.8. The molecule has 0 aliphatic carbocycles. The van der Waals surface area contributed by atoms with Crippen LogP contribution in [0.25, 0.3) is 5.57 Å². The van der Waals surface area contributed by atoms with Gasteiger partial charge in [0.05, 0.1) is 0 Å². The largest absolute Gasteiger partial charge is 0.491 e. The molecular formula is C36H60F2N4O5. The maximum absolute atomic E-state index is 11.3. The van der Waals surface area contributed by atoms with Crippen molar-refractivity contribution in [2.45, 2.75) is 53.6 Å². The molecule has 0 bridgehead atoms. The smallest absolute Gasteiger partial charge is 0.235 e. The molecule has 0 spiro atoms. The number of aliphatic hydroxyl groups excluding tert-OH is 2. The van der Waals surface area contributed by atoms with E-state index >= 15 is 0 Å². The normalized spacial score (nSPS) is 14.4. The molecule has 47 heavy (non-hydrogen) atoms. The Labute approximate surface area is 282 Å². The molecule has 0 radical (unpaired) electrons. The van der Waals surface area contributed by atoms with Gasteiger partial charge < -0.3 is 35.3 Å². The standard InChI is InChI=1S/C30H44N4O3.C2H4F2.C2H6.CH4O.CH2O/c1-7-8-27(25(4)32-30(13-14-31-5)24(3)21-35)19-23(2)26-9-11-29(12-10-26)37-22-28(36)20-34-17-15-33(6)16-18-34;1-2(3)4;3*1-2/h7-12,19,21,28,31-32,36H,2,4,13-18,20,22H2,1,3,5-6H3;2H,1H3;1-2H3;2H,1H3;1H2/b8-7-,27-19+,30-24+;;;;. The molecule has 1 aromatic rings. The number of hydrogen-bond donors (Lipinski definition) is 4. The lowest BCUT2D eigenvalue weighted by atomic mass is 10.0. The van der Waals surface area contributed by atoms with Crippen molar-refractivity contribution in [2.24, 2.45) is 0 Å². The van der Waals surface area contributed by atoms with E-state index < -0.39 is 12.5 Å². The molecule has 2 rings (SSSR count). The van der Waals surface area contributed by atoms with Crippen molar-refractivity contribution < 1.29 is 33.3 Å². The van der Waals surface area contributed by atoms with Gasteiger partial charge in [0.2, 0.25) is 6.43 Å². The van der Waals surface area contributed by atoms with Crippen LogP contribution >= 0.6 is 0 Å². The van der Waals surface area contributed by atoms with Crippen LogP contribution in [0.1, 0.15) is 46.6 Å². The number of rotatable bonds is 15. The van der Waals surface area contributed by atoms with Gasteiger partial charge in [-0.1, -0.05) is 51.3 Å². The Morgan fingerprint density at radius 2 is 1.62 bits per heavy atom. The van der Waals surface area contributed by atoms with Crippen LogP contribution in [0.15, 0.2) is 78.2 Å². The fourth-order valence-corrected chi connectivity index (χ4v) is 3.96. The molecule has 0 amide bonds. The van der Waals surface area contributed by atoms with Crippen molar-refractivity contribution in [2.75, 3.05) is 67.1 Å². The minimum Gasteiger partial charge on any atom is -0.491 e. The van der Waals surface area contributed by atoms with E-state index in [-0.39, 0.29) is 6.61 Å². The van der Waals surface area contributed by atoms with E-state index in [1.54, 1.807) is 6.92 Å². The van der Waals surface area contributed by atoms with E-state index in [9.17, 15) is 18.7 Å². The molecule has 11 heteroatoms. The van der Waals surface area contributed by atoms with Crippen LogP contribution in [0.4, 0.5) is 8.78 Å². The highest BCUT2D eigenvalue weighted by atomic mass is 19.3. The van der Waals surface area contributed by atoms with Gasteiger partial charge in [-0.25, -0.2) is 8.78 Å². The van der Waals surface area contributed by atoms with Gasteiger partial charge in [0, 0.05) is 69.8 Å². The number of alkyl halides is 2. The summed E-state index contributed by atoms with van der Waals surface area (Å²) in [5.74, 6) is 0.710. The number of nitrogens with one attached hydrogen (secondary N) is 2. The molecule has 1 unspecified atom stereocenters. The van der Waals surface area contributed by atoms with Gasteiger partial charge in [-0.2, -0.15) is 0 Å². The van der Waals surface area contributed by atoms with Crippen molar-refractivity contribution in [3.8, 4) is 5.75 Å². The zero-order chi connectivity index (χ0) is 36.8. The highest BCUT2D eigenvalue weighted by Gasteiger charge is 2.17. The van der Waals surface area contributed by atoms with Gasteiger partial charge >= 0.3 is 0 Å². The Hall–Kier alpha value is -3.48. The van der Waals surface area contributed by atoms with Crippen molar-refractivity contribution in [3.63, 3.8) is 0 Å². The number of benzene rings is 1. The van der Waals surface area contributed by atoms with Gasteiger partial charge in [0.25, 0.3) is 0 Å². The molecule has 1 atom stereocenters. The zero-order valence-corrected chi connectivity index (χ0v) is 29.8. The fourth-order valence-electron chi connectivity index (χ4n) is 3.96. The van der Waals surface area contributed by atoms with Gasteiger partial charge in [-0.05, 0) is 69.8 Å². The van der Waals surface area contributed by atoms with Crippen LogP contribution in [0, 0.1) is 0 Å². The van der Waals surface area contributed by atoms with Crippen LogP contribution in [0.5, 0.6) is 5.75 Å². The van der Waals surface area contributed by atoms with Crippen LogP contribution in [0.2, 0.25) is 0 Å². The van der Waals surface area contributed by atoms with Gasteiger partial charge in [-0.15, -0.1) is 0 Å². The first-order valence-electron chi connectivity index (χ1n) is 15.6. The number of hydrogen-bond acceptors (Lipinski definition) is 9. The second kappa shape index (κ2) is 31.1. The van der Waals surface area contributed by atoms with Crippen molar-refractivity contribution in [1.82, 2.24) is 20.4 Å². The topological polar surface area (TPSA) is 114 Å². The number of β-amino-alcohol motifs (C(OH)–C–C–N with tert-alkyl or cyclic N) is 1. The summed E-state index contributed by atoms with van der Waals surface area (Å²) in [7, 11) is 5.00. The van der Waals surface area contributed by atoms with Crippen LogP contribution in [-0.4, -0.2) is 113 Å². The minimum atomic E-state index is -2.17. The lowest BCUT2D eigenvalue weighted by Crippen LogP contribution is -2.47. The highest BCUT2D eigenvalue weighted by Crippen LogP contribution is 2.22. The highest BCUT2D eigenvalue weighted by molar-refractivity contribution is 5.75. The Morgan fingerprint density at radius 1 is 1.09 bits per heavy atom. The van der Waals surface area contributed by atoms with Crippen LogP contribution < -0.4 is 15.4 Å². The molecule has 1 aromatic carbocycles. The van der Waals surface area contributed by atoms with Crippen LogP contribution in [-0.2, 0) is 9.59 Å². The minimum absolute atomic E-state index is 0.257. The number of aliphatic hydroxyl groups is 2. The molecule has 0 saturated carbocycles. The molecule has 1 aliphatic rings. The van der Waals surface area contributed by atoms with E-state index in [2.05, 4.69) is 40.6 Å². The molecule has 1 saturated heterocycles.